The number of nitrogens with two attached hydrogens (primary N) is 1. The minimum Gasteiger partial charge on any atom is -0.369 e. The zero-order chi connectivity index (χ0) is 8.97. The predicted molar refractivity (Wildman–Crippen MR) is 54.1 cm³/mol. The summed E-state index contributed by atoms with van der Waals surface area (Å²) in [7, 11) is 0. The van der Waals surface area contributed by atoms with Crippen LogP contribution < -0.4 is 5.73 Å². The average molecular weight is 246 g/mol. The van der Waals surface area contributed by atoms with E-state index in [0.717, 1.165) is 9.37 Å². The molecule has 0 spiro atoms. The molecule has 0 heterocycles. The number of halogens is 1. The van der Waals surface area contributed by atoms with E-state index in [9.17, 15) is 4.79 Å². The first-order valence-electron chi connectivity index (χ1n) is 3.36. The molecule has 0 aromatic heterocycles. The number of amides is 1. The lowest BCUT2D eigenvalue weighted by atomic mass is 10.4. The summed E-state index contributed by atoms with van der Waals surface area (Å²) >= 11 is 4.81. The van der Waals surface area contributed by atoms with Crippen LogP contribution in [-0.2, 0) is 4.79 Å². The maximum absolute atomic E-state index is 10.5. The van der Waals surface area contributed by atoms with Crippen molar-refractivity contribution in [3.8, 4) is 0 Å². The fourth-order valence-corrected chi connectivity index (χ4v) is 2.02. The van der Waals surface area contributed by atoms with Crippen molar-refractivity contribution in [1.29, 1.82) is 0 Å². The number of hydrogen-bond donors (Lipinski definition) is 1. The summed E-state index contributed by atoms with van der Waals surface area (Å²) in [5.74, 6) is 0.0264. The van der Waals surface area contributed by atoms with E-state index in [2.05, 4.69) is 15.9 Å². The number of benzene rings is 1. The van der Waals surface area contributed by atoms with Crippen LogP contribution in [0.3, 0.4) is 0 Å². The molecule has 4 heteroatoms. The van der Waals surface area contributed by atoms with Gasteiger partial charge in [-0.3, -0.25) is 4.79 Å². The van der Waals surface area contributed by atoms with Crippen LogP contribution >= 0.6 is 27.7 Å². The second kappa shape index (κ2) is 4.52. The standard InChI is InChI=1S/C8H8BrNOS/c9-6-3-1-2-4-7(6)12-5-8(10)11/h1-4H,5H2,(H2,10,11). The molecule has 2 N–H and O–H groups in total. The van der Waals surface area contributed by atoms with Crippen LogP contribution in [0.4, 0.5) is 0 Å². The molecule has 0 fully saturated rings. The smallest absolute Gasteiger partial charge is 0.227 e. The molecule has 12 heavy (non-hydrogen) atoms. The van der Waals surface area contributed by atoms with Crippen LogP contribution in [0, 0.1) is 0 Å². The van der Waals surface area contributed by atoms with Crippen LogP contribution in [0.5, 0.6) is 0 Å². The van der Waals surface area contributed by atoms with Gasteiger partial charge in [-0.1, -0.05) is 12.1 Å². The fraction of sp³-hybridized carbons (Fsp3) is 0.125. The summed E-state index contributed by atoms with van der Waals surface area (Å²) in [4.78, 5) is 11.5. The maximum Gasteiger partial charge on any atom is 0.227 e. The van der Waals surface area contributed by atoms with E-state index in [-0.39, 0.29) is 5.91 Å². The van der Waals surface area contributed by atoms with E-state index in [4.69, 9.17) is 5.73 Å². The first-order chi connectivity index (χ1) is 5.70. The summed E-state index contributed by atoms with van der Waals surface area (Å²) in [5.41, 5.74) is 5.02. The van der Waals surface area contributed by atoms with E-state index in [0.29, 0.717) is 5.75 Å². The monoisotopic (exact) mass is 245 g/mol. The van der Waals surface area contributed by atoms with Gasteiger partial charge in [0.25, 0.3) is 0 Å². The molecule has 0 aliphatic rings. The molecular weight excluding hydrogens is 238 g/mol. The lowest BCUT2D eigenvalue weighted by molar-refractivity contribution is -0.115. The van der Waals surface area contributed by atoms with E-state index < -0.39 is 0 Å². The summed E-state index contributed by atoms with van der Waals surface area (Å²) < 4.78 is 0.997. The van der Waals surface area contributed by atoms with Crippen molar-refractivity contribution in [2.24, 2.45) is 5.73 Å². The Bertz CT molecular complexity index is 290. The number of carbonyl (C=O) groups is 1. The van der Waals surface area contributed by atoms with E-state index >= 15 is 0 Å². The Kier molecular flexibility index (Phi) is 3.62. The Morgan fingerprint density at radius 2 is 2.17 bits per heavy atom. The Morgan fingerprint density at radius 1 is 1.50 bits per heavy atom. The lowest BCUT2D eigenvalue weighted by Gasteiger charge is -2.00. The summed E-state index contributed by atoms with van der Waals surface area (Å²) in [6.45, 7) is 0. The molecule has 2 nitrogen and oxygen atoms in total. The number of hydrogen-bond acceptors (Lipinski definition) is 2. The van der Waals surface area contributed by atoms with Crippen LogP contribution in [0.2, 0.25) is 0 Å². The minimum atomic E-state index is -0.296. The highest BCUT2D eigenvalue weighted by Gasteiger charge is 2.00. The number of thioether (sulfide) groups is 1. The zero-order valence-electron chi connectivity index (χ0n) is 6.29. The molecule has 64 valence electrons. The van der Waals surface area contributed by atoms with Gasteiger partial charge < -0.3 is 5.73 Å². The van der Waals surface area contributed by atoms with Crippen molar-refractivity contribution in [3.05, 3.63) is 28.7 Å². The van der Waals surface area contributed by atoms with Crippen molar-refractivity contribution in [1.82, 2.24) is 0 Å². The Morgan fingerprint density at radius 3 is 2.75 bits per heavy atom. The highest BCUT2D eigenvalue weighted by molar-refractivity contribution is 9.10. The number of carbonyl (C=O) groups excluding carboxylic acids is 1. The highest BCUT2D eigenvalue weighted by atomic mass is 79.9. The van der Waals surface area contributed by atoms with Crippen molar-refractivity contribution >= 4 is 33.6 Å². The van der Waals surface area contributed by atoms with Gasteiger partial charge in [0.2, 0.25) is 5.91 Å². The molecule has 0 aliphatic carbocycles. The second-order valence-electron chi connectivity index (χ2n) is 2.19. The summed E-state index contributed by atoms with van der Waals surface area (Å²) in [5, 5.41) is 0. The Balaban J connectivity index is 2.63. The molecule has 0 radical (unpaired) electrons. The molecule has 0 saturated heterocycles. The molecule has 1 aromatic rings. The highest BCUT2D eigenvalue weighted by Crippen LogP contribution is 2.26. The molecule has 0 aliphatic heterocycles. The zero-order valence-corrected chi connectivity index (χ0v) is 8.69. The van der Waals surface area contributed by atoms with Crippen molar-refractivity contribution in [2.75, 3.05) is 5.75 Å². The SMILES string of the molecule is NC(=O)CSc1ccccc1Br. The average Bonchev–Trinajstić information content (AvgIpc) is 2.03. The lowest BCUT2D eigenvalue weighted by Crippen LogP contribution is -2.12. The second-order valence-corrected chi connectivity index (χ2v) is 4.06. The van der Waals surface area contributed by atoms with Gasteiger partial charge in [-0.2, -0.15) is 0 Å². The first kappa shape index (κ1) is 9.61. The normalized spacial score (nSPS) is 9.75. The molecule has 0 atom stereocenters. The minimum absolute atomic E-state index is 0.296. The molecule has 1 rings (SSSR count). The quantitative estimate of drug-likeness (QED) is 0.829. The van der Waals surface area contributed by atoms with Gasteiger partial charge in [0.15, 0.2) is 0 Å². The van der Waals surface area contributed by atoms with Gasteiger partial charge in [-0.05, 0) is 28.1 Å². The summed E-state index contributed by atoms with van der Waals surface area (Å²) in [6.07, 6.45) is 0. The summed E-state index contributed by atoms with van der Waals surface area (Å²) in [6, 6.07) is 7.73. The molecule has 0 unspecified atom stereocenters. The largest absolute Gasteiger partial charge is 0.369 e. The van der Waals surface area contributed by atoms with Crippen LogP contribution in [-0.4, -0.2) is 11.7 Å². The maximum atomic E-state index is 10.5. The van der Waals surface area contributed by atoms with Crippen LogP contribution in [0.1, 0.15) is 0 Å². The van der Waals surface area contributed by atoms with Crippen molar-refractivity contribution in [3.63, 3.8) is 0 Å². The van der Waals surface area contributed by atoms with Crippen molar-refractivity contribution < 1.29 is 4.79 Å². The van der Waals surface area contributed by atoms with Crippen molar-refractivity contribution in [2.45, 2.75) is 4.90 Å². The number of primary amides is 1. The number of rotatable bonds is 3. The van der Waals surface area contributed by atoms with E-state index in [1.54, 1.807) is 0 Å². The molecule has 1 aromatic carbocycles. The van der Waals surface area contributed by atoms with Crippen LogP contribution in [0.15, 0.2) is 33.6 Å². The molecule has 0 bridgehead atoms. The Hall–Kier alpha value is -0.480. The third-order valence-corrected chi connectivity index (χ3v) is 3.26. The third kappa shape index (κ3) is 2.87. The molecular formula is C8H8BrNOS. The topological polar surface area (TPSA) is 43.1 Å². The third-order valence-electron chi connectivity index (χ3n) is 1.21. The van der Waals surface area contributed by atoms with Gasteiger partial charge >= 0.3 is 0 Å². The van der Waals surface area contributed by atoms with Gasteiger partial charge in [0.1, 0.15) is 0 Å². The van der Waals surface area contributed by atoms with Gasteiger partial charge in [0, 0.05) is 9.37 Å². The van der Waals surface area contributed by atoms with E-state index in [1.165, 1.54) is 11.8 Å². The van der Waals surface area contributed by atoms with Crippen LogP contribution in [0.25, 0.3) is 0 Å². The van der Waals surface area contributed by atoms with E-state index in [1.807, 2.05) is 24.3 Å². The first-order valence-corrected chi connectivity index (χ1v) is 5.13. The Labute approximate surface area is 83.7 Å². The fourth-order valence-electron chi connectivity index (χ4n) is 0.711. The van der Waals surface area contributed by atoms with Gasteiger partial charge in [-0.15, -0.1) is 11.8 Å². The van der Waals surface area contributed by atoms with Gasteiger partial charge in [0.05, 0.1) is 5.75 Å². The van der Waals surface area contributed by atoms with Gasteiger partial charge in [-0.25, -0.2) is 0 Å². The molecule has 1 amide bonds. The predicted octanol–water partition coefficient (Wildman–Crippen LogP) is 2.03. The molecule has 0 saturated carbocycles.